The summed E-state index contributed by atoms with van der Waals surface area (Å²) in [5.74, 6) is 0.699. The summed E-state index contributed by atoms with van der Waals surface area (Å²) in [6.07, 6.45) is 7.90. The number of morpholine rings is 1. The number of terminal acetylenes is 1. The number of carbonyl (C=O) groups is 3. The van der Waals surface area contributed by atoms with Crippen molar-refractivity contribution in [1.29, 1.82) is 0 Å². The normalized spacial score (nSPS) is 40.0. The molecule has 9 atom stereocenters. The summed E-state index contributed by atoms with van der Waals surface area (Å²) in [7, 11) is 9.19. The Hall–Kier alpha value is -2.41. The van der Waals surface area contributed by atoms with Gasteiger partial charge in [-0.25, -0.2) is 0 Å². The van der Waals surface area contributed by atoms with Crippen LogP contribution in [0.1, 0.15) is 66.2 Å². The first-order valence-electron chi connectivity index (χ1n) is 19.3. The molecule has 300 valence electrons. The summed E-state index contributed by atoms with van der Waals surface area (Å²) < 4.78 is 30.6. The number of aliphatic hydroxyl groups excluding tert-OH is 1. The molecule has 13 nitrogen and oxygen atoms in total. The zero-order valence-corrected chi connectivity index (χ0v) is 33.7. The van der Waals surface area contributed by atoms with Crippen molar-refractivity contribution in [3.05, 3.63) is 12.7 Å². The van der Waals surface area contributed by atoms with E-state index in [2.05, 4.69) is 29.2 Å². The van der Waals surface area contributed by atoms with Gasteiger partial charge in [-0.1, -0.05) is 25.8 Å². The number of carbonyl (C=O) groups excluding carboxylic acids is 3. The van der Waals surface area contributed by atoms with Crippen LogP contribution in [0.2, 0.25) is 0 Å². The Morgan fingerprint density at radius 3 is 2.36 bits per heavy atom. The monoisotopic (exact) mass is 746 g/mol. The van der Waals surface area contributed by atoms with E-state index in [0.717, 1.165) is 25.9 Å². The number of esters is 1. The Bertz CT molecular complexity index is 1330. The summed E-state index contributed by atoms with van der Waals surface area (Å²) in [6.45, 7) is 14.9. The van der Waals surface area contributed by atoms with E-state index in [9.17, 15) is 19.5 Å². The molecule has 0 unspecified atom stereocenters. The Balaban J connectivity index is 1.64. The highest BCUT2D eigenvalue weighted by molar-refractivity contribution is 6.06. The van der Waals surface area contributed by atoms with Crippen LogP contribution in [0.3, 0.4) is 0 Å². The zero-order valence-electron chi connectivity index (χ0n) is 33.7. The fourth-order valence-electron chi connectivity index (χ4n) is 8.86. The first kappa shape index (κ1) is 43.3. The van der Waals surface area contributed by atoms with Crippen LogP contribution in [0.4, 0.5) is 0 Å². The number of hydrogen-bond acceptors (Lipinski definition) is 12. The molecular weight excluding hydrogens is 680 g/mol. The van der Waals surface area contributed by atoms with Gasteiger partial charge in [-0.3, -0.25) is 24.2 Å². The van der Waals surface area contributed by atoms with E-state index >= 15 is 0 Å². The highest BCUT2D eigenvalue weighted by Crippen LogP contribution is 2.41. The third-order valence-corrected chi connectivity index (χ3v) is 12.6. The lowest BCUT2D eigenvalue weighted by Gasteiger charge is -2.49. The topological polar surface area (TPSA) is 131 Å². The number of rotatable bonds is 8. The van der Waals surface area contributed by atoms with Crippen molar-refractivity contribution in [2.45, 2.75) is 114 Å². The van der Waals surface area contributed by atoms with E-state index in [-0.39, 0.29) is 36.6 Å². The largest absolute Gasteiger partial charge is 0.463 e. The van der Waals surface area contributed by atoms with Crippen molar-refractivity contribution >= 4 is 17.7 Å². The van der Waals surface area contributed by atoms with Gasteiger partial charge in [0.15, 0.2) is 17.7 Å². The molecule has 0 aromatic rings. The molecule has 0 bridgehead atoms. The standard InChI is InChI=1S/C40H66N4O9/c1-12-38(6)34(47)29(5)35(53-36-33(46)31(41(7)8)22-28(4)52-36)40(13-2,49-11)23-27(3)24-42(9)39(26-51-37(38)48)16-14-30(15-17-39)43(10)32(45)25-44-18-20-50-21-19-44/h2,12,27-31,33,35-36,46H,1,14-26H2,3-11H3/t27-,28-,29+,30?,31+,33-,35-,36+,38+,39?,40-/m1/s1. The Kier molecular flexibility index (Phi) is 14.7. The lowest BCUT2D eigenvalue weighted by atomic mass is 9.73. The molecule has 1 aliphatic carbocycles. The Labute approximate surface area is 317 Å². The number of methoxy groups -OCH3 is 1. The number of amides is 1. The van der Waals surface area contributed by atoms with E-state index in [1.807, 2.05) is 44.9 Å². The number of hydrogen-bond donors (Lipinski definition) is 1. The van der Waals surface area contributed by atoms with Gasteiger partial charge in [-0.15, -0.1) is 13.0 Å². The molecule has 4 rings (SSSR count). The SMILES string of the molecule is C#C[C@@]1(OC)C[C@@H](C)CN(C)C2(CCC(N(C)C(=O)CN3CCOCC3)CC2)COC(=O)[C@@](C)(C=C)C(=O)[C@H](C)[C@H]1O[C@@H]1O[C@H](C)C[C@H](N(C)C)[C@H]1O. The number of ether oxygens (including phenoxy) is 5. The highest BCUT2D eigenvalue weighted by Gasteiger charge is 2.54. The van der Waals surface area contributed by atoms with Gasteiger partial charge in [0, 0.05) is 51.8 Å². The summed E-state index contributed by atoms with van der Waals surface area (Å²) in [5.41, 5.74) is -3.71. The first-order chi connectivity index (χ1) is 25.0. The number of likely N-dealkylation sites (N-methyl/N-ethyl adjacent to an activating group) is 3. The van der Waals surface area contributed by atoms with Gasteiger partial charge in [0.05, 0.1) is 31.4 Å². The maximum Gasteiger partial charge on any atom is 0.323 e. The molecule has 0 aromatic carbocycles. The van der Waals surface area contributed by atoms with Crippen LogP contribution in [0.5, 0.6) is 0 Å². The molecule has 4 fully saturated rings. The quantitative estimate of drug-likeness (QED) is 0.169. The molecule has 53 heavy (non-hydrogen) atoms. The smallest absolute Gasteiger partial charge is 0.323 e. The zero-order chi connectivity index (χ0) is 39.3. The molecule has 3 aliphatic heterocycles. The lowest BCUT2D eigenvalue weighted by Crippen LogP contribution is -2.60. The van der Waals surface area contributed by atoms with Crippen LogP contribution in [0.15, 0.2) is 12.7 Å². The molecule has 3 saturated heterocycles. The molecule has 4 aliphatic rings. The Morgan fingerprint density at radius 2 is 1.79 bits per heavy atom. The minimum absolute atomic E-state index is 0.0498. The summed E-state index contributed by atoms with van der Waals surface area (Å²) in [4.78, 5) is 50.2. The van der Waals surface area contributed by atoms with Gasteiger partial charge in [-0.2, -0.15) is 0 Å². The fourth-order valence-corrected chi connectivity index (χ4v) is 8.86. The predicted molar refractivity (Wildman–Crippen MR) is 201 cm³/mol. The molecule has 1 spiro atoms. The van der Waals surface area contributed by atoms with Gasteiger partial charge in [-0.05, 0) is 79.4 Å². The number of nitrogens with zero attached hydrogens (tertiary/aromatic N) is 4. The molecule has 0 aromatic heterocycles. The third-order valence-electron chi connectivity index (χ3n) is 12.6. The van der Waals surface area contributed by atoms with Crippen LogP contribution in [-0.2, 0) is 38.1 Å². The van der Waals surface area contributed by atoms with Gasteiger partial charge in [0.2, 0.25) is 5.91 Å². The third kappa shape index (κ3) is 9.35. The van der Waals surface area contributed by atoms with E-state index in [1.54, 1.807) is 6.92 Å². The average Bonchev–Trinajstić information content (AvgIpc) is 3.15. The highest BCUT2D eigenvalue weighted by atomic mass is 16.7. The van der Waals surface area contributed by atoms with Crippen molar-refractivity contribution in [2.24, 2.45) is 17.3 Å². The summed E-state index contributed by atoms with van der Waals surface area (Å²) >= 11 is 0. The van der Waals surface area contributed by atoms with Gasteiger partial charge in [0.1, 0.15) is 24.2 Å². The minimum Gasteiger partial charge on any atom is -0.463 e. The van der Waals surface area contributed by atoms with Gasteiger partial charge < -0.3 is 38.6 Å². The molecule has 1 saturated carbocycles. The van der Waals surface area contributed by atoms with Crippen LogP contribution in [-0.4, -0.2) is 171 Å². The van der Waals surface area contributed by atoms with Gasteiger partial charge in [0.25, 0.3) is 0 Å². The second-order valence-corrected chi connectivity index (χ2v) is 16.5. The second kappa shape index (κ2) is 18.0. The first-order valence-corrected chi connectivity index (χ1v) is 19.3. The number of cyclic esters (lactones) is 1. The number of ketones is 1. The van der Waals surface area contributed by atoms with Crippen LogP contribution in [0.25, 0.3) is 0 Å². The van der Waals surface area contributed by atoms with Crippen molar-refractivity contribution in [3.63, 3.8) is 0 Å². The van der Waals surface area contributed by atoms with E-state index in [1.165, 1.54) is 20.1 Å². The molecule has 0 radical (unpaired) electrons. The summed E-state index contributed by atoms with van der Waals surface area (Å²) in [5, 5.41) is 11.4. The maximum absolute atomic E-state index is 14.6. The fraction of sp³-hybridized carbons (Fsp3) is 0.825. The summed E-state index contributed by atoms with van der Waals surface area (Å²) in [6, 6.07) is -0.212. The van der Waals surface area contributed by atoms with Crippen molar-refractivity contribution in [2.75, 3.05) is 81.3 Å². The van der Waals surface area contributed by atoms with Crippen LogP contribution in [0, 0.1) is 29.6 Å². The number of aliphatic hydroxyl groups is 1. The van der Waals surface area contributed by atoms with Crippen molar-refractivity contribution < 1.29 is 43.2 Å². The van der Waals surface area contributed by atoms with E-state index < -0.39 is 52.7 Å². The molecule has 13 heteroatoms. The number of Topliss-reactive ketones (excluding diaryl/α,β-unsaturated/α-hetero) is 1. The second-order valence-electron chi connectivity index (χ2n) is 16.5. The van der Waals surface area contributed by atoms with E-state index in [0.29, 0.717) is 52.0 Å². The molecular formula is C40H66N4O9. The maximum atomic E-state index is 14.6. The van der Waals surface area contributed by atoms with E-state index in [4.69, 9.17) is 30.1 Å². The molecule has 3 heterocycles. The van der Waals surface area contributed by atoms with Crippen LogP contribution >= 0.6 is 0 Å². The molecule has 1 amide bonds. The Morgan fingerprint density at radius 1 is 1.15 bits per heavy atom. The predicted octanol–water partition coefficient (Wildman–Crippen LogP) is 2.20. The van der Waals surface area contributed by atoms with Crippen molar-refractivity contribution in [3.8, 4) is 12.3 Å². The van der Waals surface area contributed by atoms with Gasteiger partial charge >= 0.3 is 5.97 Å². The van der Waals surface area contributed by atoms with Crippen molar-refractivity contribution in [1.82, 2.24) is 19.6 Å². The minimum atomic E-state index is -1.73. The molecule has 1 N–H and O–H groups in total. The lowest BCUT2D eigenvalue weighted by molar-refractivity contribution is -0.291. The van der Waals surface area contributed by atoms with Crippen LogP contribution < -0.4 is 0 Å². The average molecular weight is 747 g/mol.